The Morgan fingerprint density at radius 1 is 1.12 bits per heavy atom. The first-order valence-electron chi connectivity index (χ1n) is 7.85. The lowest BCUT2D eigenvalue weighted by atomic mass is 10.1. The van der Waals surface area contributed by atoms with Crippen molar-refractivity contribution in [2.24, 2.45) is 0 Å². The maximum Gasteiger partial charge on any atom is 0.349 e. The van der Waals surface area contributed by atoms with Crippen LogP contribution in [-0.2, 0) is 9.53 Å². The molecular formula is C19H23NO3S. The zero-order valence-corrected chi connectivity index (χ0v) is 15.5. The van der Waals surface area contributed by atoms with Gasteiger partial charge in [0, 0.05) is 11.1 Å². The summed E-state index contributed by atoms with van der Waals surface area (Å²) in [4.78, 5) is 25.0. The third-order valence-corrected chi connectivity index (χ3v) is 4.26. The quantitative estimate of drug-likeness (QED) is 0.846. The van der Waals surface area contributed by atoms with E-state index in [-0.39, 0.29) is 11.4 Å². The van der Waals surface area contributed by atoms with Crippen molar-refractivity contribution in [3.63, 3.8) is 0 Å². The van der Waals surface area contributed by atoms with Gasteiger partial charge >= 0.3 is 5.97 Å². The molecule has 2 rings (SSSR count). The molecule has 1 aromatic heterocycles. The minimum Gasteiger partial charge on any atom is -0.448 e. The third kappa shape index (κ3) is 4.68. The highest BCUT2D eigenvalue weighted by atomic mass is 32.1. The standard InChI is InChI=1S/C19H23NO3S/c1-12-6-8-14(9-7-12)15-10-11-24-16(15)18(22)23-13(2)17(21)20-19(3,4)5/h6-11,13H,1-5H3,(H,20,21)/t13-/m1/s1. The van der Waals surface area contributed by atoms with Gasteiger partial charge in [0.25, 0.3) is 5.91 Å². The number of amides is 1. The number of ether oxygens (including phenoxy) is 1. The van der Waals surface area contributed by atoms with Crippen LogP contribution in [0.15, 0.2) is 35.7 Å². The maximum absolute atomic E-state index is 12.5. The van der Waals surface area contributed by atoms with E-state index in [0.29, 0.717) is 4.88 Å². The van der Waals surface area contributed by atoms with Gasteiger partial charge in [-0.1, -0.05) is 29.8 Å². The maximum atomic E-state index is 12.5. The number of aryl methyl sites for hydroxylation is 1. The molecule has 2 aromatic rings. The molecule has 24 heavy (non-hydrogen) atoms. The average Bonchev–Trinajstić information content (AvgIpc) is 2.95. The van der Waals surface area contributed by atoms with E-state index in [0.717, 1.165) is 16.7 Å². The van der Waals surface area contributed by atoms with Gasteiger partial charge in [-0.05, 0) is 51.6 Å². The molecule has 1 N–H and O–H groups in total. The van der Waals surface area contributed by atoms with Crippen LogP contribution in [0, 0.1) is 6.92 Å². The van der Waals surface area contributed by atoms with Crippen molar-refractivity contribution in [3.8, 4) is 11.1 Å². The van der Waals surface area contributed by atoms with Gasteiger partial charge in [0.05, 0.1) is 0 Å². The second-order valence-corrected chi connectivity index (χ2v) is 7.73. The van der Waals surface area contributed by atoms with Crippen molar-refractivity contribution in [1.29, 1.82) is 0 Å². The summed E-state index contributed by atoms with van der Waals surface area (Å²) in [6, 6.07) is 9.85. The molecule has 0 aliphatic heterocycles. The van der Waals surface area contributed by atoms with Crippen molar-refractivity contribution in [3.05, 3.63) is 46.2 Å². The fourth-order valence-electron chi connectivity index (χ4n) is 2.17. The largest absolute Gasteiger partial charge is 0.448 e. The van der Waals surface area contributed by atoms with E-state index in [1.807, 2.05) is 63.4 Å². The van der Waals surface area contributed by atoms with E-state index in [2.05, 4.69) is 5.32 Å². The number of thiophene rings is 1. The highest BCUT2D eigenvalue weighted by Crippen LogP contribution is 2.29. The highest BCUT2D eigenvalue weighted by Gasteiger charge is 2.24. The van der Waals surface area contributed by atoms with Gasteiger partial charge in [0.15, 0.2) is 6.10 Å². The number of rotatable bonds is 4. The fraction of sp³-hybridized carbons (Fsp3) is 0.368. The van der Waals surface area contributed by atoms with Gasteiger partial charge in [0.1, 0.15) is 4.88 Å². The topological polar surface area (TPSA) is 55.4 Å². The number of hydrogen-bond donors (Lipinski definition) is 1. The Kier molecular flexibility index (Phi) is 5.44. The van der Waals surface area contributed by atoms with Crippen LogP contribution in [0.1, 0.15) is 42.9 Å². The average molecular weight is 345 g/mol. The minimum absolute atomic E-state index is 0.302. The monoisotopic (exact) mass is 345 g/mol. The summed E-state index contributed by atoms with van der Waals surface area (Å²) in [7, 11) is 0. The third-order valence-electron chi connectivity index (χ3n) is 3.36. The van der Waals surface area contributed by atoms with Crippen molar-refractivity contribution < 1.29 is 14.3 Å². The molecule has 5 heteroatoms. The first kappa shape index (κ1) is 18.2. The molecular weight excluding hydrogens is 322 g/mol. The Hall–Kier alpha value is -2.14. The predicted molar refractivity (Wildman–Crippen MR) is 97.3 cm³/mol. The molecule has 128 valence electrons. The number of carbonyl (C=O) groups excluding carboxylic acids is 2. The summed E-state index contributed by atoms with van der Waals surface area (Å²) in [5.74, 6) is -0.776. The number of hydrogen-bond acceptors (Lipinski definition) is 4. The summed E-state index contributed by atoms with van der Waals surface area (Å²) in [5, 5.41) is 4.66. The number of carbonyl (C=O) groups is 2. The van der Waals surface area contributed by atoms with E-state index in [9.17, 15) is 9.59 Å². The van der Waals surface area contributed by atoms with Gasteiger partial charge in [-0.15, -0.1) is 11.3 Å². The lowest BCUT2D eigenvalue weighted by Crippen LogP contribution is -2.46. The first-order chi connectivity index (χ1) is 11.2. The van der Waals surface area contributed by atoms with E-state index < -0.39 is 12.1 Å². The SMILES string of the molecule is Cc1ccc(-c2ccsc2C(=O)O[C@H](C)C(=O)NC(C)(C)C)cc1. The summed E-state index contributed by atoms with van der Waals surface area (Å²) in [6.45, 7) is 9.25. The number of esters is 1. The first-order valence-corrected chi connectivity index (χ1v) is 8.73. The summed E-state index contributed by atoms with van der Waals surface area (Å²) in [5.41, 5.74) is 2.58. The Morgan fingerprint density at radius 2 is 1.75 bits per heavy atom. The molecule has 0 aliphatic carbocycles. The van der Waals surface area contributed by atoms with Crippen molar-refractivity contribution >= 4 is 23.2 Å². The van der Waals surface area contributed by atoms with Gasteiger partial charge in [0.2, 0.25) is 0 Å². The highest BCUT2D eigenvalue weighted by molar-refractivity contribution is 7.12. The van der Waals surface area contributed by atoms with Crippen LogP contribution in [-0.4, -0.2) is 23.5 Å². The van der Waals surface area contributed by atoms with Gasteiger partial charge in [-0.2, -0.15) is 0 Å². The van der Waals surface area contributed by atoms with Crippen LogP contribution < -0.4 is 5.32 Å². The molecule has 0 fully saturated rings. The van der Waals surface area contributed by atoms with Crippen LogP contribution in [0.2, 0.25) is 0 Å². The molecule has 0 spiro atoms. The molecule has 0 radical (unpaired) electrons. The zero-order valence-electron chi connectivity index (χ0n) is 14.7. The minimum atomic E-state index is -0.843. The van der Waals surface area contributed by atoms with E-state index in [4.69, 9.17) is 4.74 Å². The Morgan fingerprint density at radius 3 is 2.33 bits per heavy atom. The lowest BCUT2D eigenvalue weighted by molar-refractivity contribution is -0.130. The fourth-order valence-corrected chi connectivity index (χ4v) is 2.96. The van der Waals surface area contributed by atoms with Gasteiger partial charge in [-0.25, -0.2) is 4.79 Å². The molecule has 4 nitrogen and oxygen atoms in total. The molecule has 0 aliphatic rings. The second kappa shape index (κ2) is 7.18. The molecule has 0 saturated carbocycles. The van der Waals surface area contributed by atoms with Gasteiger partial charge < -0.3 is 10.1 Å². The van der Waals surface area contributed by atoms with Crippen LogP contribution in [0.3, 0.4) is 0 Å². The van der Waals surface area contributed by atoms with Crippen LogP contribution in [0.25, 0.3) is 11.1 Å². The van der Waals surface area contributed by atoms with Crippen LogP contribution in [0.4, 0.5) is 0 Å². The molecule has 1 aromatic carbocycles. The summed E-state index contributed by atoms with van der Waals surface area (Å²) in [6.07, 6.45) is -0.843. The van der Waals surface area contributed by atoms with Crippen LogP contribution in [0.5, 0.6) is 0 Å². The molecule has 0 saturated heterocycles. The molecule has 1 atom stereocenters. The summed E-state index contributed by atoms with van der Waals surface area (Å²) >= 11 is 1.32. The molecule has 0 bridgehead atoms. The Balaban J connectivity index is 2.13. The normalized spacial score (nSPS) is 12.5. The van der Waals surface area contributed by atoms with E-state index in [1.165, 1.54) is 11.3 Å². The predicted octanol–water partition coefficient (Wildman–Crippen LogP) is 4.18. The van der Waals surface area contributed by atoms with E-state index >= 15 is 0 Å². The smallest absolute Gasteiger partial charge is 0.349 e. The number of nitrogens with one attached hydrogen (secondary N) is 1. The Bertz CT molecular complexity index is 726. The van der Waals surface area contributed by atoms with Crippen LogP contribution >= 0.6 is 11.3 Å². The van der Waals surface area contributed by atoms with Gasteiger partial charge in [-0.3, -0.25) is 4.79 Å². The second-order valence-electron chi connectivity index (χ2n) is 6.82. The van der Waals surface area contributed by atoms with Crippen molar-refractivity contribution in [2.45, 2.75) is 46.3 Å². The Labute approximate surface area is 146 Å². The lowest BCUT2D eigenvalue weighted by Gasteiger charge is -2.23. The molecule has 1 heterocycles. The van der Waals surface area contributed by atoms with E-state index in [1.54, 1.807) is 6.92 Å². The van der Waals surface area contributed by atoms with Crippen molar-refractivity contribution in [2.75, 3.05) is 0 Å². The zero-order chi connectivity index (χ0) is 17.9. The summed E-state index contributed by atoms with van der Waals surface area (Å²) < 4.78 is 5.35. The molecule has 1 amide bonds. The molecule has 0 unspecified atom stereocenters. The van der Waals surface area contributed by atoms with Crippen molar-refractivity contribution in [1.82, 2.24) is 5.32 Å². The number of benzene rings is 1.